The molecule has 0 fully saturated rings. The van der Waals surface area contributed by atoms with Crippen molar-refractivity contribution in [2.24, 2.45) is 7.05 Å². The maximum Gasteiger partial charge on any atom is 0.167 e. The van der Waals surface area contributed by atoms with E-state index in [-0.39, 0.29) is 5.82 Å². The summed E-state index contributed by atoms with van der Waals surface area (Å²) in [4.78, 5) is 4.17. The van der Waals surface area contributed by atoms with Gasteiger partial charge >= 0.3 is 0 Å². The summed E-state index contributed by atoms with van der Waals surface area (Å²) in [6, 6.07) is 4.97. The van der Waals surface area contributed by atoms with Crippen LogP contribution in [0.25, 0.3) is 0 Å². The number of thioether (sulfide) groups is 1. The molecule has 1 heterocycles. The summed E-state index contributed by atoms with van der Waals surface area (Å²) in [5, 5.41) is 0.888. The average molecular weight is 301 g/mol. The van der Waals surface area contributed by atoms with E-state index >= 15 is 0 Å². The Hall–Kier alpha value is -0.810. The summed E-state index contributed by atoms with van der Waals surface area (Å²) in [5.74, 6) is 0.403. The lowest BCUT2D eigenvalue weighted by Gasteiger charge is -2.04. The van der Waals surface area contributed by atoms with Crippen LogP contribution in [-0.2, 0) is 12.8 Å². The SMILES string of the molecule is Cn1ccnc1SCc1cc(Br)ccc1F. The number of benzene rings is 1. The molecule has 0 saturated heterocycles. The summed E-state index contributed by atoms with van der Waals surface area (Å²) in [5.41, 5.74) is 0.683. The van der Waals surface area contributed by atoms with E-state index < -0.39 is 0 Å². The predicted octanol–water partition coefficient (Wildman–Crippen LogP) is 3.61. The average Bonchev–Trinajstić information content (AvgIpc) is 2.66. The molecule has 0 amide bonds. The van der Waals surface area contributed by atoms with Crippen molar-refractivity contribution < 1.29 is 4.39 Å². The van der Waals surface area contributed by atoms with Crippen LogP contribution < -0.4 is 0 Å². The Balaban J connectivity index is 2.10. The van der Waals surface area contributed by atoms with Gasteiger partial charge in [0.2, 0.25) is 0 Å². The highest BCUT2D eigenvalue weighted by Gasteiger charge is 2.05. The topological polar surface area (TPSA) is 17.8 Å². The zero-order valence-corrected chi connectivity index (χ0v) is 11.1. The first-order valence-corrected chi connectivity index (χ1v) is 6.49. The summed E-state index contributed by atoms with van der Waals surface area (Å²) in [7, 11) is 1.92. The third kappa shape index (κ3) is 2.65. The van der Waals surface area contributed by atoms with E-state index in [1.807, 2.05) is 17.8 Å². The molecule has 2 nitrogen and oxygen atoms in total. The number of aromatic nitrogens is 2. The molecule has 0 spiro atoms. The Morgan fingerprint density at radius 3 is 3.00 bits per heavy atom. The van der Waals surface area contributed by atoms with Crippen molar-refractivity contribution in [1.29, 1.82) is 0 Å². The summed E-state index contributed by atoms with van der Waals surface area (Å²) in [6.07, 6.45) is 3.61. The Morgan fingerprint density at radius 1 is 1.50 bits per heavy atom. The predicted molar refractivity (Wildman–Crippen MR) is 66.9 cm³/mol. The molecule has 0 saturated carbocycles. The Morgan fingerprint density at radius 2 is 2.31 bits per heavy atom. The second-order valence-corrected chi connectivity index (χ2v) is 5.20. The Labute approximate surface area is 106 Å². The molecule has 0 aliphatic heterocycles. The van der Waals surface area contributed by atoms with Crippen molar-refractivity contribution >= 4 is 27.7 Å². The minimum atomic E-state index is -0.176. The number of rotatable bonds is 3. The van der Waals surface area contributed by atoms with Gasteiger partial charge in [-0.2, -0.15) is 0 Å². The normalized spacial score (nSPS) is 10.7. The molecule has 84 valence electrons. The molecule has 5 heteroatoms. The van der Waals surface area contributed by atoms with E-state index in [1.54, 1.807) is 18.3 Å². The standard InChI is InChI=1S/C11H10BrFN2S/c1-15-5-4-14-11(15)16-7-8-6-9(12)2-3-10(8)13/h2-6H,7H2,1H3. The highest BCUT2D eigenvalue weighted by Crippen LogP contribution is 2.24. The molecular formula is C11H10BrFN2S. The first-order chi connectivity index (χ1) is 7.66. The van der Waals surface area contributed by atoms with E-state index in [9.17, 15) is 4.39 Å². The molecule has 16 heavy (non-hydrogen) atoms. The monoisotopic (exact) mass is 300 g/mol. The molecule has 1 aromatic carbocycles. The van der Waals surface area contributed by atoms with Gasteiger partial charge in [0.1, 0.15) is 5.82 Å². The molecule has 0 radical (unpaired) electrons. The fraction of sp³-hybridized carbons (Fsp3) is 0.182. The van der Waals surface area contributed by atoms with Crippen molar-refractivity contribution in [3.8, 4) is 0 Å². The van der Waals surface area contributed by atoms with E-state index in [4.69, 9.17) is 0 Å². The van der Waals surface area contributed by atoms with Crippen LogP contribution >= 0.6 is 27.7 Å². The van der Waals surface area contributed by atoms with Crippen LogP contribution in [0.5, 0.6) is 0 Å². The molecule has 0 bridgehead atoms. The van der Waals surface area contributed by atoms with E-state index in [0.717, 1.165) is 9.63 Å². The number of aryl methyl sites for hydroxylation is 1. The van der Waals surface area contributed by atoms with E-state index in [1.165, 1.54) is 17.8 Å². The second kappa shape index (κ2) is 5.01. The van der Waals surface area contributed by atoms with Crippen LogP contribution in [0, 0.1) is 5.82 Å². The van der Waals surface area contributed by atoms with Crippen LogP contribution in [0.1, 0.15) is 5.56 Å². The highest BCUT2D eigenvalue weighted by molar-refractivity contribution is 9.10. The Kier molecular flexibility index (Phi) is 3.66. The third-order valence-electron chi connectivity index (χ3n) is 2.14. The first-order valence-electron chi connectivity index (χ1n) is 4.71. The highest BCUT2D eigenvalue weighted by atomic mass is 79.9. The van der Waals surface area contributed by atoms with Gasteiger partial charge in [0.25, 0.3) is 0 Å². The molecule has 2 aromatic rings. The van der Waals surface area contributed by atoms with Gasteiger partial charge in [-0.15, -0.1) is 0 Å². The molecule has 0 N–H and O–H groups in total. The lowest BCUT2D eigenvalue weighted by molar-refractivity contribution is 0.617. The van der Waals surface area contributed by atoms with Crippen LogP contribution in [-0.4, -0.2) is 9.55 Å². The fourth-order valence-corrected chi connectivity index (χ4v) is 2.60. The van der Waals surface area contributed by atoms with E-state index in [2.05, 4.69) is 20.9 Å². The minimum absolute atomic E-state index is 0.176. The maximum absolute atomic E-state index is 13.4. The molecule has 0 atom stereocenters. The zero-order chi connectivity index (χ0) is 11.5. The van der Waals surface area contributed by atoms with Crippen LogP contribution in [0.15, 0.2) is 40.2 Å². The fourth-order valence-electron chi connectivity index (χ4n) is 1.29. The number of imidazole rings is 1. The second-order valence-electron chi connectivity index (χ2n) is 3.35. The number of hydrogen-bond donors (Lipinski definition) is 0. The third-order valence-corrected chi connectivity index (χ3v) is 3.74. The van der Waals surface area contributed by atoms with Crippen molar-refractivity contribution in [2.75, 3.05) is 0 Å². The van der Waals surface area contributed by atoms with Crippen molar-refractivity contribution in [2.45, 2.75) is 10.9 Å². The van der Waals surface area contributed by atoms with Gasteiger partial charge in [0.15, 0.2) is 5.16 Å². The number of halogens is 2. The molecular weight excluding hydrogens is 291 g/mol. The van der Waals surface area contributed by atoms with E-state index in [0.29, 0.717) is 11.3 Å². The number of hydrogen-bond acceptors (Lipinski definition) is 2. The van der Waals surface area contributed by atoms with Gasteiger partial charge in [-0.1, -0.05) is 27.7 Å². The van der Waals surface area contributed by atoms with Gasteiger partial charge in [-0.25, -0.2) is 9.37 Å². The minimum Gasteiger partial charge on any atom is -0.329 e. The van der Waals surface area contributed by atoms with Crippen molar-refractivity contribution in [3.05, 3.63) is 46.4 Å². The molecule has 0 aliphatic carbocycles. The zero-order valence-electron chi connectivity index (χ0n) is 8.65. The van der Waals surface area contributed by atoms with Crippen molar-refractivity contribution in [1.82, 2.24) is 9.55 Å². The molecule has 0 unspecified atom stereocenters. The molecule has 0 aliphatic rings. The number of nitrogens with zero attached hydrogens (tertiary/aromatic N) is 2. The Bertz CT molecular complexity index is 498. The summed E-state index contributed by atoms with van der Waals surface area (Å²) >= 11 is 4.85. The van der Waals surface area contributed by atoms with Crippen LogP contribution in [0.3, 0.4) is 0 Å². The maximum atomic E-state index is 13.4. The van der Waals surface area contributed by atoms with Gasteiger partial charge in [0.05, 0.1) is 0 Å². The summed E-state index contributed by atoms with van der Waals surface area (Å²) < 4.78 is 16.2. The van der Waals surface area contributed by atoms with Gasteiger partial charge in [-0.3, -0.25) is 0 Å². The van der Waals surface area contributed by atoms with Gasteiger partial charge in [-0.05, 0) is 23.8 Å². The largest absolute Gasteiger partial charge is 0.329 e. The first kappa shape index (κ1) is 11.7. The molecule has 2 rings (SSSR count). The smallest absolute Gasteiger partial charge is 0.167 e. The van der Waals surface area contributed by atoms with Crippen LogP contribution in [0.4, 0.5) is 4.39 Å². The van der Waals surface area contributed by atoms with Crippen molar-refractivity contribution in [3.63, 3.8) is 0 Å². The lowest BCUT2D eigenvalue weighted by Crippen LogP contribution is -1.92. The quantitative estimate of drug-likeness (QED) is 0.806. The van der Waals surface area contributed by atoms with Crippen LogP contribution in [0.2, 0.25) is 0 Å². The lowest BCUT2D eigenvalue weighted by atomic mass is 10.2. The van der Waals surface area contributed by atoms with Gasteiger partial charge in [0, 0.05) is 29.7 Å². The molecule has 1 aromatic heterocycles. The summed E-state index contributed by atoms with van der Waals surface area (Å²) in [6.45, 7) is 0. The van der Waals surface area contributed by atoms with Gasteiger partial charge < -0.3 is 4.57 Å².